The maximum atomic E-state index is 12.4. The van der Waals surface area contributed by atoms with E-state index in [1.165, 1.54) is 0 Å². The van der Waals surface area contributed by atoms with Crippen LogP contribution in [-0.4, -0.2) is 29.5 Å². The summed E-state index contributed by atoms with van der Waals surface area (Å²) in [4.78, 5) is 21.1. The highest BCUT2D eigenvalue weighted by Gasteiger charge is 2.09. The van der Waals surface area contributed by atoms with Crippen molar-refractivity contribution in [1.82, 2.24) is 15.3 Å². The van der Waals surface area contributed by atoms with Crippen LogP contribution in [0.5, 0.6) is 5.75 Å². The molecule has 150 valence electrons. The van der Waals surface area contributed by atoms with Gasteiger partial charge in [-0.2, -0.15) is 0 Å². The van der Waals surface area contributed by atoms with Crippen LogP contribution in [0.4, 0.5) is 11.4 Å². The first kappa shape index (κ1) is 19.4. The number of fused-ring (bicyclic) bond motifs is 1. The van der Waals surface area contributed by atoms with Gasteiger partial charge in [-0.3, -0.25) is 9.78 Å². The minimum absolute atomic E-state index is 0.205. The van der Waals surface area contributed by atoms with Gasteiger partial charge in [0.25, 0.3) is 5.91 Å². The highest BCUT2D eigenvalue weighted by Crippen LogP contribution is 2.24. The molecule has 2 aromatic heterocycles. The van der Waals surface area contributed by atoms with Crippen LogP contribution in [0.2, 0.25) is 0 Å². The zero-order chi connectivity index (χ0) is 20.8. The van der Waals surface area contributed by atoms with Crippen LogP contribution in [0.25, 0.3) is 10.9 Å². The summed E-state index contributed by atoms with van der Waals surface area (Å²) >= 11 is 0. The molecule has 0 aliphatic rings. The largest absolute Gasteiger partial charge is 0.496 e. The number of rotatable bonds is 7. The van der Waals surface area contributed by atoms with Crippen LogP contribution in [0, 0.1) is 0 Å². The lowest BCUT2D eigenvalue weighted by Gasteiger charge is -2.10. The number of carbonyl (C=O) groups excluding carboxylic acids is 1. The van der Waals surface area contributed by atoms with Crippen molar-refractivity contribution in [2.24, 2.45) is 0 Å². The van der Waals surface area contributed by atoms with Gasteiger partial charge in [-0.1, -0.05) is 36.4 Å². The average molecular weight is 398 g/mol. The molecule has 1 amide bonds. The quantitative estimate of drug-likeness (QED) is 0.484. The number of ether oxygens (including phenoxy) is 1. The molecule has 2 heterocycles. The SMILES string of the molecule is COc1ccccc1CCNC(=O)c1ccc(Nc2cccc3cccnc23)cn1. The maximum Gasteiger partial charge on any atom is 0.269 e. The Balaban J connectivity index is 1.37. The van der Waals surface area contributed by atoms with Crippen LogP contribution >= 0.6 is 0 Å². The van der Waals surface area contributed by atoms with Gasteiger partial charge in [-0.15, -0.1) is 0 Å². The lowest BCUT2D eigenvalue weighted by atomic mass is 10.1. The zero-order valence-corrected chi connectivity index (χ0v) is 16.6. The Labute approximate surface area is 175 Å². The second-order valence-electron chi connectivity index (χ2n) is 6.76. The predicted octanol–water partition coefficient (Wildman–Crippen LogP) is 4.35. The summed E-state index contributed by atoms with van der Waals surface area (Å²) in [5, 5.41) is 7.28. The normalized spacial score (nSPS) is 10.6. The monoisotopic (exact) mass is 398 g/mol. The lowest BCUT2D eigenvalue weighted by Crippen LogP contribution is -2.26. The predicted molar refractivity (Wildman–Crippen MR) is 118 cm³/mol. The molecule has 0 fully saturated rings. The average Bonchev–Trinajstić information content (AvgIpc) is 2.80. The van der Waals surface area contributed by atoms with Crippen molar-refractivity contribution in [2.75, 3.05) is 19.0 Å². The Morgan fingerprint density at radius 3 is 2.67 bits per heavy atom. The van der Waals surface area contributed by atoms with E-state index in [-0.39, 0.29) is 5.91 Å². The minimum atomic E-state index is -0.205. The topological polar surface area (TPSA) is 76.1 Å². The van der Waals surface area contributed by atoms with Gasteiger partial charge in [0.15, 0.2) is 0 Å². The standard InChI is InChI=1S/C24H22N4O2/c1-30-22-10-3-2-6-17(22)13-15-26-24(29)21-12-11-19(16-27-21)28-20-9-4-7-18-8-5-14-25-23(18)20/h2-12,14,16,28H,13,15H2,1H3,(H,26,29). The first-order valence-electron chi connectivity index (χ1n) is 9.71. The molecule has 2 N–H and O–H groups in total. The van der Waals surface area contributed by atoms with Gasteiger partial charge in [0.05, 0.1) is 30.2 Å². The second kappa shape index (κ2) is 9.05. The number of anilines is 2. The fourth-order valence-corrected chi connectivity index (χ4v) is 3.27. The molecule has 0 aliphatic heterocycles. The van der Waals surface area contributed by atoms with Gasteiger partial charge < -0.3 is 15.4 Å². The number of nitrogens with zero attached hydrogens (tertiary/aromatic N) is 2. The summed E-state index contributed by atoms with van der Waals surface area (Å²) in [5.41, 5.74) is 3.99. The van der Waals surface area contributed by atoms with E-state index in [4.69, 9.17) is 4.74 Å². The molecule has 0 spiro atoms. The van der Waals surface area contributed by atoms with E-state index in [1.54, 1.807) is 25.6 Å². The van der Waals surface area contributed by atoms with Gasteiger partial charge in [0.2, 0.25) is 0 Å². The van der Waals surface area contributed by atoms with Crippen molar-refractivity contribution in [1.29, 1.82) is 0 Å². The van der Waals surface area contributed by atoms with Crippen molar-refractivity contribution in [3.05, 3.63) is 90.4 Å². The van der Waals surface area contributed by atoms with E-state index >= 15 is 0 Å². The van der Waals surface area contributed by atoms with Crippen LogP contribution in [0.15, 0.2) is 79.1 Å². The number of pyridine rings is 2. The molecular weight excluding hydrogens is 376 g/mol. The zero-order valence-electron chi connectivity index (χ0n) is 16.6. The first-order chi connectivity index (χ1) is 14.7. The Hall–Kier alpha value is -3.93. The third kappa shape index (κ3) is 4.38. The first-order valence-corrected chi connectivity index (χ1v) is 9.71. The Kier molecular flexibility index (Phi) is 5.85. The van der Waals surface area contributed by atoms with Crippen LogP contribution in [0.3, 0.4) is 0 Å². The molecule has 4 aromatic rings. The molecule has 2 aromatic carbocycles. The lowest BCUT2D eigenvalue weighted by molar-refractivity contribution is 0.0949. The molecule has 30 heavy (non-hydrogen) atoms. The summed E-state index contributed by atoms with van der Waals surface area (Å²) in [5.74, 6) is 0.617. The van der Waals surface area contributed by atoms with Crippen molar-refractivity contribution in [2.45, 2.75) is 6.42 Å². The van der Waals surface area contributed by atoms with Gasteiger partial charge >= 0.3 is 0 Å². The number of carbonyl (C=O) groups is 1. The Morgan fingerprint density at radius 2 is 1.83 bits per heavy atom. The van der Waals surface area contributed by atoms with Crippen molar-refractivity contribution in [3.63, 3.8) is 0 Å². The van der Waals surface area contributed by atoms with Crippen LogP contribution in [-0.2, 0) is 6.42 Å². The summed E-state index contributed by atoms with van der Waals surface area (Å²) in [7, 11) is 1.64. The third-order valence-corrected chi connectivity index (χ3v) is 4.78. The van der Waals surface area contributed by atoms with E-state index in [9.17, 15) is 4.79 Å². The smallest absolute Gasteiger partial charge is 0.269 e. The van der Waals surface area contributed by atoms with Crippen molar-refractivity contribution < 1.29 is 9.53 Å². The fourth-order valence-electron chi connectivity index (χ4n) is 3.27. The summed E-state index contributed by atoms with van der Waals surface area (Å²) in [6.07, 6.45) is 4.10. The molecular formula is C24H22N4O2. The molecule has 0 aliphatic carbocycles. The number of para-hydroxylation sites is 2. The van der Waals surface area contributed by atoms with Crippen LogP contribution in [0.1, 0.15) is 16.1 Å². The summed E-state index contributed by atoms with van der Waals surface area (Å²) < 4.78 is 5.34. The van der Waals surface area contributed by atoms with Gasteiger partial charge in [0, 0.05) is 18.1 Å². The Bertz CT molecular complexity index is 1150. The van der Waals surface area contributed by atoms with E-state index < -0.39 is 0 Å². The number of hydrogen-bond acceptors (Lipinski definition) is 5. The third-order valence-electron chi connectivity index (χ3n) is 4.78. The number of nitrogens with one attached hydrogen (secondary N) is 2. The van der Waals surface area contributed by atoms with E-state index in [0.29, 0.717) is 18.7 Å². The van der Waals surface area contributed by atoms with Gasteiger partial charge in [-0.25, -0.2) is 4.98 Å². The van der Waals surface area contributed by atoms with Gasteiger partial charge in [0.1, 0.15) is 11.4 Å². The molecule has 0 unspecified atom stereocenters. The second-order valence-corrected chi connectivity index (χ2v) is 6.76. The molecule has 4 rings (SSSR count). The van der Waals surface area contributed by atoms with Crippen molar-refractivity contribution in [3.8, 4) is 5.75 Å². The summed E-state index contributed by atoms with van der Waals surface area (Å²) in [6.45, 7) is 0.503. The molecule has 0 atom stereocenters. The molecule has 0 saturated carbocycles. The molecule has 6 nitrogen and oxygen atoms in total. The summed E-state index contributed by atoms with van der Waals surface area (Å²) in [6, 6.07) is 21.2. The number of amides is 1. The maximum absolute atomic E-state index is 12.4. The highest BCUT2D eigenvalue weighted by molar-refractivity contribution is 5.93. The number of methoxy groups -OCH3 is 1. The van der Waals surface area contributed by atoms with E-state index in [0.717, 1.165) is 33.6 Å². The van der Waals surface area contributed by atoms with Crippen LogP contribution < -0.4 is 15.4 Å². The number of benzene rings is 2. The molecule has 0 radical (unpaired) electrons. The number of aromatic nitrogens is 2. The van der Waals surface area contributed by atoms with E-state index in [2.05, 4.69) is 20.6 Å². The molecule has 6 heteroatoms. The minimum Gasteiger partial charge on any atom is -0.496 e. The van der Waals surface area contributed by atoms with E-state index in [1.807, 2.05) is 60.7 Å². The Morgan fingerprint density at radius 1 is 0.967 bits per heavy atom. The molecule has 0 bridgehead atoms. The highest BCUT2D eigenvalue weighted by atomic mass is 16.5. The fraction of sp³-hybridized carbons (Fsp3) is 0.125. The van der Waals surface area contributed by atoms with Crippen molar-refractivity contribution >= 4 is 28.2 Å². The van der Waals surface area contributed by atoms with Gasteiger partial charge in [-0.05, 0) is 42.3 Å². The number of hydrogen-bond donors (Lipinski definition) is 2. The molecule has 0 saturated heterocycles.